The molecule has 0 bridgehead atoms. The lowest BCUT2D eigenvalue weighted by molar-refractivity contribution is 0.0259. The summed E-state index contributed by atoms with van der Waals surface area (Å²) < 4.78 is 5.22. The molecule has 1 aliphatic rings. The highest BCUT2D eigenvalue weighted by atomic mass is 16.3. The number of likely N-dealkylation sites (tertiary alicyclic amines) is 1. The summed E-state index contributed by atoms with van der Waals surface area (Å²) in [6, 6.07) is 11.3. The Bertz CT molecular complexity index is 669. The number of hydrogen-bond acceptors (Lipinski definition) is 4. The topological polar surface area (TPSA) is 65.7 Å². The third-order valence-corrected chi connectivity index (χ3v) is 4.60. The van der Waals surface area contributed by atoms with Gasteiger partial charge in [0.25, 0.3) is 5.91 Å². The highest BCUT2D eigenvalue weighted by Crippen LogP contribution is 2.19. The SMILES string of the molecule is CC1CCN(Cc2cccc(C(=O)NCc3ccco3)c2)CC1O. The highest BCUT2D eigenvalue weighted by molar-refractivity contribution is 5.94. The van der Waals surface area contributed by atoms with E-state index in [-0.39, 0.29) is 12.0 Å². The fourth-order valence-corrected chi connectivity index (χ4v) is 3.01. The van der Waals surface area contributed by atoms with Crippen molar-refractivity contribution in [1.29, 1.82) is 0 Å². The molecule has 0 saturated carbocycles. The van der Waals surface area contributed by atoms with Crippen LogP contribution in [-0.4, -0.2) is 35.1 Å². The Morgan fingerprint density at radius 1 is 1.38 bits per heavy atom. The summed E-state index contributed by atoms with van der Waals surface area (Å²) in [5.41, 5.74) is 1.73. The lowest BCUT2D eigenvalue weighted by atomic mass is 9.95. The Morgan fingerprint density at radius 3 is 3.00 bits per heavy atom. The molecule has 5 heteroatoms. The van der Waals surface area contributed by atoms with Crippen LogP contribution >= 0.6 is 0 Å². The van der Waals surface area contributed by atoms with Crippen LogP contribution in [0.4, 0.5) is 0 Å². The maximum Gasteiger partial charge on any atom is 0.251 e. The summed E-state index contributed by atoms with van der Waals surface area (Å²) in [5, 5.41) is 12.9. The minimum absolute atomic E-state index is 0.111. The number of carbonyl (C=O) groups is 1. The van der Waals surface area contributed by atoms with Crippen molar-refractivity contribution < 1.29 is 14.3 Å². The van der Waals surface area contributed by atoms with Gasteiger partial charge < -0.3 is 14.8 Å². The van der Waals surface area contributed by atoms with E-state index in [4.69, 9.17) is 4.42 Å². The van der Waals surface area contributed by atoms with Gasteiger partial charge in [-0.25, -0.2) is 0 Å². The molecule has 0 spiro atoms. The van der Waals surface area contributed by atoms with Crippen molar-refractivity contribution >= 4 is 5.91 Å². The van der Waals surface area contributed by atoms with Crippen LogP contribution in [0.3, 0.4) is 0 Å². The lowest BCUT2D eigenvalue weighted by Gasteiger charge is -2.34. The van der Waals surface area contributed by atoms with Gasteiger partial charge in [-0.15, -0.1) is 0 Å². The third-order valence-electron chi connectivity index (χ3n) is 4.60. The first-order valence-corrected chi connectivity index (χ1v) is 8.42. The van der Waals surface area contributed by atoms with Crippen LogP contribution in [0.25, 0.3) is 0 Å². The molecule has 2 unspecified atom stereocenters. The average molecular weight is 328 g/mol. The van der Waals surface area contributed by atoms with Gasteiger partial charge >= 0.3 is 0 Å². The van der Waals surface area contributed by atoms with Crippen molar-refractivity contribution in [2.45, 2.75) is 32.5 Å². The number of aliphatic hydroxyl groups excluding tert-OH is 1. The predicted molar refractivity (Wildman–Crippen MR) is 91.4 cm³/mol. The number of benzene rings is 1. The van der Waals surface area contributed by atoms with E-state index >= 15 is 0 Å². The van der Waals surface area contributed by atoms with Crippen molar-refractivity contribution in [2.75, 3.05) is 13.1 Å². The fraction of sp³-hybridized carbons (Fsp3) is 0.421. The number of nitrogens with one attached hydrogen (secondary N) is 1. The monoisotopic (exact) mass is 328 g/mol. The van der Waals surface area contributed by atoms with E-state index in [9.17, 15) is 9.90 Å². The molecule has 1 aromatic heterocycles. The fourth-order valence-electron chi connectivity index (χ4n) is 3.01. The maximum atomic E-state index is 12.3. The Labute approximate surface area is 142 Å². The van der Waals surface area contributed by atoms with Crippen LogP contribution in [0.1, 0.15) is 35.0 Å². The van der Waals surface area contributed by atoms with E-state index < -0.39 is 0 Å². The average Bonchev–Trinajstić information content (AvgIpc) is 3.10. The molecule has 128 valence electrons. The molecular formula is C19H24N2O3. The van der Waals surface area contributed by atoms with Gasteiger partial charge in [-0.1, -0.05) is 19.1 Å². The molecule has 2 N–H and O–H groups in total. The van der Waals surface area contributed by atoms with Crippen LogP contribution < -0.4 is 5.32 Å². The molecule has 1 fully saturated rings. The molecule has 24 heavy (non-hydrogen) atoms. The van der Waals surface area contributed by atoms with Gasteiger partial charge in [-0.3, -0.25) is 9.69 Å². The van der Waals surface area contributed by atoms with E-state index in [1.807, 2.05) is 30.3 Å². The van der Waals surface area contributed by atoms with Gasteiger partial charge in [-0.05, 0) is 48.7 Å². The van der Waals surface area contributed by atoms with Crippen LogP contribution in [-0.2, 0) is 13.1 Å². The van der Waals surface area contributed by atoms with Gasteiger partial charge in [0.15, 0.2) is 0 Å². The quantitative estimate of drug-likeness (QED) is 0.885. The van der Waals surface area contributed by atoms with Crippen LogP contribution in [0.5, 0.6) is 0 Å². The number of piperidine rings is 1. The molecule has 1 saturated heterocycles. The zero-order valence-electron chi connectivity index (χ0n) is 13.9. The number of hydrogen-bond donors (Lipinski definition) is 2. The summed E-state index contributed by atoms with van der Waals surface area (Å²) in [6.07, 6.45) is 2.33. The van der Waals surface area contributed by atoms with Crippen molar-refractivity contribution in [3.05, 3.63) is 59.5 Å². The molecule has 3 rings (SSSR count). The number of rotatable bonds is 5. The second-order valence-electron chi connectivity index (χ2n) is 6.53. The Hall–Kier alpha value is -2.11. The van der Waals surface area contributed by atoms with Crippen molar-refractivity contribution in [3.8, 4) is 0 Å². The van der Waals surface area contributed by atoms with E-state index in [1.165, 1.54) is 0 Å². The first kappa shape index (κ1) is 16.7. The van der Waals surface area contributed by atoms with Crippen LogP contribution in [0, 0.1) is 5.92 Å². The van der Waals surface area contributed by atoms with Crippen molar-refractivity contribution in [3.63, 3.8) is 0 Å². The molecule has 1 aliphatic heterocycles. The number of amides is 1. The minimum Gasteiger partial charge on any atom is -0.467 e. The smallest absolute Gasteiger partial charge is 0.251 e. The van der Waals surface area contributed by atoms with Gasteiger partial charge in [0.1, 0.15) is 5.76 Å². The predicted octanol–water partition coefficient (Wildman–Crippen LogP) is 2.41. The maximum absolute atomic E-state index is 12.3. The van der Waals surface area contributed by atoms with Gasteiger partial charge in [-0.2, -0.15) is 0 Å². The van der Waals surface area contributed by atoms with Crippen molar-refractivity contribution in [1.82, 2.24) is 10.2 Å². The van der Waals surface area contributed by atoms with Crippen molar-refractivity contribution in [2.24, 2.45) is 5.92 Å². The van der Waals surface area contributed by atoms with E-state index in [2.05, 4.69) is 17.1 Å². The minimum atomic E-state index is -0.265. The zero-order valence-corrected chi connectivity index (χ0v) is 13.9. The Balaban J connectivity index is 1.58. The number of β-amino-alcohol motifs (C(OH)–C–C–N with tert-alkyl or cyclic N) is 1. The van der Waals surface area contributed by atoms with Gasteiger partial charge in [0.2, 0.25) is 0 Å². The summed E-state index contributed by atoms with van der Waals surface area (Å²) in [6.45, 7) is 4.89. The number of furan rings is 1. The summed E-state index contributed by atoms with van der Waals surface area (Å²) >= 11 is 0. The third kappa shape index (κ3) is 4.24. The number of nitrogens with zero attached hydrogens (tertiary/aromatic N) is 1. The summed E-state index contributed by atoms with van der Waals surface area (Å²) in [7, 11) is 0. The molecule has 2 aromatic rings. The molecule has 5 nitrogen and oxygen atoms in total. The Morgan fingerprint density at radius 2 is 2.25 bits per heavy atom. The molecule has 0 aliphatic carbocycles. The van der Waals surface area contributed by atoms with E-state index in [1.54, 1.807) is 12.3 Å². The first-order valence-electron chi connectivity index (χ1n) is 8.42. The first-order chi connectivity index (χ1) is 11.6. The van der Waals surface area contributed by atoms with Crippen LogP contribution in [0.15, 0.2) is 47.1 Å². The molecule has 2 heterocycles. The zero-order chi connectivity index (χ0) is 16.9. The van der Waals surface area contributed by atoms with E-state index in [0.29, 0.717) is 24.6 Å². The lowest BCUT2D eigenvalue weighted by Crippen LogP contribution is -2.42. The normalized spacial score (nSPS) is 21.6. The molecule has 1 aromatic carbocycles. The largest absolute Gasteiger partial charge is 0.467 e. The van der Waals surface area contributed by atoms with Crippen LogP contribution in [0.2, 0.25) is 0 Å². The van der Waals surface area contributed by atoms with E-state index in [0.717, 1.165) is 30.8 Å². The molecular weight excluding hydrogens is 304 g/mol. The number of carbonyl (C=O) groups excluding carboxylic acids is 1. The second kappa shape index (κ2) is 7.64. The standard InChI is InChI=1S/C19H24N2O3/c1-14-7-8-21(13-18(14)22)12-15-4-2-5-16(10-15)19(23)20-11-17-6-3-9-24-17/h2-6,9-10,14,18,22H,7-8,11-13H2,1H3,(H,20,23). The highest BCUT2D eigenvalue weighted by Gasteiger charge is 2.24. The molecule has 1 amide bonds. The summed E-state index contributed by atoms with van der Waals surface area (Å²) in [5.74, 6) is 0.983. The second-order valence-corrected chi connectivity index (χ2v) is 6.53. The molecule has 2 atom stereocenters. The number of aliphatic hydroxyl groups is 1. The Kier molecular flexibility index (Phi) is 5.33. The van der Waals surface area contributed by atoms with Gasteiger partial charge in [0, 0.05) is 18.7 Å². The van der Waals surface area contributed by atoms with Gasteiger partial charge in [0.05, 0.1) is 18.9 Å². The molecule has 0 radical (unpaired) electrons. The summed E-state index contributed by atoms with van der Waals surface area (Å²) in [4.78, 5) is 14.5.